The average molecular weight is 850 g/mol. The third-order valence-corrected chi connectivity index (χ3v) is 18.9. The Kier molecular flexibility index (Phi) is 11.7. The quantitative estimate of drug-likeness (QED) is 0.152. The van der Waals surface area contributed by atoms with Crippen molar-refractivity contribution in [1.29, 1.82) is 0 Å². The van der Waals surface area contributed by atoms with Crippen molar-refractivity contribution < 1.29 is 34.5 Å². The lowest BCUT2D eigenvalue weighted by Crippen LogP contribution is -2.67. The first-order chi connectivity index (χ1) is 29.3. The minimum absolute atomic E-state index is 0.00595. The lowest BCUT2D eigenvalue weighted by Gasteiger charge is -2.72. The molecule has 10 nitrogen and oxygen atoms in total. The number of aliphatic carboxylic acids is 1. The molecule has 336 valence electrons. The van der Waals surface area contributed by atoms with Crippen molar-refractivity contribution in [3.63, 3.8) is 0 Å². The summed E-state index contributed by atoms with van der Waals surface area (Å²) in [7, 11) is 0. The number of hydrogen-bond donors (Lipinski definition) is 5. The summed E-state index contributed by atoms with van der Waals surface area (Å²) in [6.45, 7) is 19.9. The Morgan fingerprint density at radius 1 is 0.790 bits per heavy atom. The number of allylic oxidation sites excluding steroid dienone is 1. The summed E-state index contributed by atoms with van der Waals surface area (Å²) in [5.74, 6) is 0.588. The van der Waals surface area contributed by atoms with Crippen LogP contribution < -0.4 is 10.6 Å². The number of carbonyl (C=O) groups excluding carboxylic acids is 3. The van der Waals surface area contributed by atoms with E-state index < -0.39 is 29.4 Å². The number of hydrogen-bond acceptors (Lipinski definition) is 6. The molecule has 2 aromatic rings. The van der Waals surface area contributed by atoms with Gasteiger partial charge < -0.3 is 30.9 Å². The van der Waals surface area contributed by atoms with Crippen molar-refractivity contribution in [2.75, 3.05) is 13.1 Å². The maximum atomic E-state index is 14.7. The molecule has 1 saturated heterocycles. The van der Waals surface area contributed by atoms with Gasteiger partial charge in [0.25, 0.3) is 11.8 Å². The van der Waals surface area contributed by atoms with Crippen LogP contribution in [0.2, 0.25) is 0 Å². The number of rotatable bonds is 10. The topological polar surface area (TPSA) is 156 Å². The third kappa shape index (κ3) is 7.14. The highest BCUT2D eigenvalue weighted by molar-refractivity contribution is 5.97. The van der Waals surface area contributed by atoms with E-state index in [1.54, 1.807) is 30.3 Å². The van der Waals surface area contributed by atoms with Crippen molar-refractivity contribution in [2.45, 2.75) is 143 Å². The zero-order chi connectivity index (χ0) is 44.6. The smallest absolute Gasteiger partial charge is 0.326 e. The van der Waals surface area contributed by atoms with Crippen molar-refractivity contribution in [3.8, 4) is 0 Å². The molecule has 2 aromatic carbocycles. The normalized spacial score (nSPS) is 38.2. The Morgan fingerprint density at radius 2 is 1.53 bits per heavy atom. The minimum Gasteiger partial charge on any atom is -0.480 e. The van der Waals surface area contributed by atoms with Gasteiger partial charge in [0.1, 0.15) is 6.04 Å². The fraction of sp³-hybridized carbons (Fsp3) is 0.654. The van der Waals surface area contributed by atoms with Gasteiger partial charge in [0, 0.05) is 37.2 Å². The molecule has 6 fully saturated rings. The molecule has 0 spiro atoms. The van der Waals surface area contributed by atoms with Crippen molar-refractivity contribution in [1.82, 2.24) is 15.5 Å². The molecule has 0 aromatic heterocycles. The molecule has 0 radical (unpaired) electrons. The van der Waals surface area contributed by atoms with E-state index in [-0.39, 0.29) is 65.0 Å². The van der Waals surface area contributed by atoms with E-state index in [2.05, 4.69) is 58.8 Å². The first kappa shape index (κ1) is 44.6. The second kappa shape index (κ2) is 16.2. The van der Waals surface area contributed by atoms with E-state index in [1.807, 2.05) is 18.2 Å². The van der Waals surface area contributed by atoms with Crippen LogP contribution in [0, 0.1) is 56.7 Å². The van der Waals surface area contributed by atoms with Crippen molar-refractivity contribution >= 4 is 23.7 Å². The predicted octanol–water partition coefficient (Wildman–Crippen LogP) is 7.95. The molecule has 3 amide bonds. The zero-order valence-electron chi connectivity index (χ0n) is 38.0. The molecule has 62 heavy (non-hydrogen) atoms. The molecule has 5 N–H and O–H groups in total. The van der Waals surface area contributed by atoms with Gasteiger partial charge in [0.2, 0.25) is 5.91 Å². The van der Waals surface area contributed by atoms with E-state index in [0.717, 1.165) is 56.1 Å². The molecule has 12 atom stereocenters. The lowest BCUT2D eigenvalue weighted by atomic mass is 9.32. The van der Waals surface area contributed by atoms with Crippen LogP contribution in [0.4, 0.5) is 0 Å². The van der Waals surface area contributed by atoms with Gasteiger partial charge in [-0.1, -0.05) is 71.0 Å². The molecule has 8 rings (SSSR count). The van der Waals surface area contributed by atoms with Gasteiger partial charge in [-0.2, -0.15) is 0 Å². The molecule has 0 bridgehead atoms. The highest BCUT2D eigenvalue weighted by atomic mass is 16.4. The highest BCUT2D eigenvalue weighted by Gasteiger charge is 2.71. The molecule has 1 aliphatic heterocycles. The van der Waals surface area contributed by atoms with Crippen molar-refractivity contribution in [2.24, 2.45) is 56.7 Å². The molecule has 5 saturated carbocycles. The molecule has 5 aliphatic carbocycles. The van der Waals surface area contributed by atoms with Crippen LogP contribution in [-0.2, 0) is 22.6 Å². The molecule has 5 unspecified atom stereocenters. The van der Waals surface area contributed by atoms with Crippen LogP contribution in [0.3, 0.4) is 0 Å². The standard InChI is InChI=1S/C52H71N3O7/c1-31(2)37-17-23-52(25-24-50(6)38(43(37)52)15-16-41-49(5)21-19-42(57)48(3,4)40(49)18-22-51(41,50)7)47(62)53-26-20-32-9-8-10-35(27-32)44(58)54-29-33-11-13-34(14-12-33)45(59)55-30-36(56)28-39(55)46(60)61/h8-14,27,36-43,56-57H,1,15-26,28-30H2,2-7H3,(H,53,62)(H,54,58)(H,60,61)/t36?,37-,38?,39+,40?,41?,42-,43?,49-,50+,51+,52-/m0/s1. The largest absolute Gasteiger partial charge is 0.480 e. The van der Waals surface area contributed by atoms with Crippen molar-refractivity contribution in [3.05, 3.63) is 82.9 Å². The monoisotopic (exact) mass is 850 g/mol. The number of aliphatic hydroxyl groups is 2. The Labute approximate surface area is 368 Å². The molecule has 10 heteroatoms. The summed E-state index contributed by atoms with van der Waals surface area (Å²) in [5, 5.41) is 37.0. The zero-order valence-corrected chi connectivity index (χ0v) is 38.0. The summed E-state index contributed by atoms with van der Waals surface area (Å²) in [6, 6.07) is 13.2. The van der Waals surface area contributed by atoms with Gasteiger partial charge in [-0.05, 0) is 164 Å². The first-order valence-corrected chi connectivity index (χ1v) is 23.6. The number of likely N-dealkylation sites (tertiary alicyclic amines) is 1. The van der Waals surface area contributed by atoms with E-state index in [0.29, 0.717) is 47.8 Å². The SMILES string of the molecule is C=C(C)[C@@H]1CC[C@]2(C(=O)NCCc3cccc(C(=O)NCc4ccc(C(=O)N5CC(O)C[C@@H]5C(=O)O)cc4)c3)CC[C@]3(C)C(CCC4[C@@]5(C)CC[C@H](O)C(C)(C)C5CC[C@]43C)C12. The molecule has 6 aliphatic rings. The van der Waals surface area contributed by atoms with E-state index in [1.165, 1.54) is 29.7 Å². The predicted molar refractivity (Wildman–Crippen MR) is 239 cm³/mol. The highest BCUT2D eigenvalue weighted by Crippen LogP contribution is 2.77. The van der Waals surface area contributed by atoms with Gasteiger partial charge in [-0.25, -0.2) is 4.79 Å². The Hall–Kier alpha value is -4.02. The van der Waals surface area contributed by atoms with E-state index >= 15 is 0 Å². The van der Waals surface area contributed by atoms with E-state index in [4.69, 9.17) is 0 Å². The number of carbonyl (C=O) groups is 4. The van der Waals surface area contributed by atoms with Gasteiger partial charge in [0.05, 0.1) is 17.6 Å². The first-order valence-electron chi connectivity index (χ1n) is 23.6. The van der Waals surface area contributed by atoms with Crippen LogP contribution >= 0.6 is 0 Å². The van der Waals surface area contributed by atoms with Crippen LogP contribution in [0.5, 0.6) is 0 Å². The van der Waals surface area contributed by atoms with Crippen LogP contribution in [0.25, 0.3) is 0 Å². The maximum absolute atomic E-state index is 14.7. The van der Waals surface area contributed by atoms with Crippen LogP contribution in [0.1, 0.15) is 144 Å². The third-order valence-electron chi connectivity index (χ3n) is 18.9. The van der Waals surface area contributed by atoms with Gasteiger partial charge in [-0.3, -0.25) is 14.4 Å². The number of β-amino-alcohol motifs (C(OH)–C–C–N with tert-alkyl or cyclic N) is 1. The fourth-order valence-electron chi connectivity index (χ4n) is 15.4. The van der Waals surface area contributed by atoms with Gasteiger partial charge >= 0.3 is 5.97 Å². The second-order valence-corrected chi connectivity index (χ2v) is 22.0. The number of nitrogens with one attached hydrogen (secondary N) is 2. The number of aliphatic hydroxyl groups excluding tert-OH is 2. The van der Waals surface area contributed by atoms with E-state index in [9.17, 15) is 34.5 Å². The summed E-state index contributed by atoms with van der Waals surface area (Å²) >= 11 is 0. The van der Waals surface area contributed by atoms with Gasteiger partial charge in [0.15, 0.2) is 0 Å². The number of carboxylic acid groups (broad SMARTS) is 1. The lowest BCUT2D eigenvalue weighted by molar-refractivity contribution is -0.246. The number of carboxylic acids is 1. The van der Waals surface area contributed by atoms with Gasteiger partial charge in [-0.15, -0.1) is 0 Å². The Morgan fingerprint density at radius 3 is 2.24 bits per heavy atom. The number of benzene rings is 2. The summed E-state index contributed by atoms with van der Waals surface area (Å²) < 4.78 is 0. The van der Waals surface area contributed by atoms with Crippen LogP contribution in [0.15, 0.2) is 60.7 Å². The summed E-state index contributed by atoms with van der Waals surface area (Å²) in [6.07, 6.45) is 10.1. The Balaban J connectivity index is 0.899. The van der Waals surface area contributed by atoms with Crippen LogP contribution in [-0.4, -0.2) is 75.2 Å². The maximum Gasteiger partial charge on any atom is 0.326 e. The molecular formula is C52H71N3O7. The average Bonchev–Trinajstić information content (AvgIpc) is 3.84. The number of fused-ring (bicyclic) bond motifs is 7. The number of amides is 3. The fourth-order valence-corrected chi connectivity index (χ4v) is 15.4. The summed E-state index contributed by atoms with van der Waals surface area (Å²) in [4.78, 5) is 53.8. The second-order valence-electron chi connectivity index (χ2n) is 22.0. The molecule has 1 heterocycles. The Bertz CT molecular complexity index is 2100. The number of nitrogens with zero attached hydrogens (tertiary/aromatic N) is 1. The minimum atomic E-state index is -1.14. The summed E-state index contributed by atoms with van der Waals surface area (Å²) in [5.41, 5.74) is 3.86. The molecular weight excluding hydrogens is 779 g/mol.